The van der Waals surface area contributed by atoms with Crippen LogP contribution in [0.25, 0.3) is 0 Å². The van der Waals surface area contributed by atoms with Crippen LogP contribution in [-0.2, 0) is 14.3 Å². The van der Waals surface area contributed by atoms with Gasteiger partial charge in [0.05, 0.1) is 18.7 Å². The lowest BCUT2D eigenvalue weighted by Gasteiger charge is -2.08. The van der Waals surface area contributed by atoms with Crippen LogP contribution in [0.1, 0.15) is 12.0 Å². The molecule has 0 heterocycles. The number of halogens is 2. The number of rotatable bonds is 7. The summed E-state index contributed by atoms with van der Waals surface area (Å²) in [6, 6.07) is 9.97. The molecule has 0 aromatic heterocycles. The van der Waals surface area contributed by atoms with Crippen LogP contribution in [0.15, 0.2) is 42.5 Å². The first kappa shape index (κ1) is 18.4. The first-order valence-corrected chi connectivity index (χ1v) is 7.54. The summed E-state index contributed by atoms with van der Waals surface area (Å²) < 4.78 is 36.5. The number of ether oxygens (including phenoxy) is 2. The zero-order valence-electron chi connectivity index (χ0n) is 13.6. The molecule has 0 unspecified atom stereocenters. The smallest absolute Gasteiger partial charge is 0.309 e. The highest BCUT2D eigenvalue weighted by Crippen LogP contribution is 2.15. The van der Waals surface area contributed by atoms with Crippen LogP contribution in [0.3, 0.4) is 0 Å². The summed E-state index contributed by atoms with van der Waals surface area (Å²) in [5.74, 6) is -2.26. The number of carbonyl (C=O) groups excluding carboxylic acids is 2. The largest absolute Gasteiger partial charge is 0.493 e. The van der Waals surface area contributed by atoms with Gasteiger partial charge in [0, 0.05) is 6.07 Å². The van der Waals surface area contributed by atoms with Crippen molar-refractivity contribution in [2.75, 3.05) is 18.5 Å². The Kier molecular flexibility index (Phi) is 6.45. The van der Waals surface area contributed by atoms with Crippen LogP contribution in [0.5, 0.6) is 5.75 Å². The Labute approximate surface area is 143 Å². The Morgan fingerprint density at radius 2 is 1.80 bits per heavy atom. The Morgan fingerprint density at radius 1 is 1.08 bits per heavy atom. The van der Waals surface area contributed by atoms with Crippen LogP contribution < -0.4 is 10.1 Å². The van der Waals surface area contributed by atoms with Crippen molar-refractivity contribution in [3.05, 3.63) is 59.7 Å². The molecule has 0 bridgehead atoms. The Hall–Kier alpha value is -2.96. The van der Waals surface area contributed by atoms with Gasteiger partial charge in [-0.05, 0) is 31.2 Å². The monoisotopic (exact) mass is 349 g/mol. The van der Waals surface area contributed by atoms with E-state index < -0.39 is 30.1 Å². The van der Waals surface area contributed by atoms with Crippen LogP contribution in [0, 0.1) is 18.6 Å². The van der Waals surface area contributed by atoms with Crippen molar-refractivity contribution in [2.45, 2.75) is 13.3 Å². The van der Waals surface area contributed by atoms with Gasteiger partial charge in [0.25, 0.3) is 5.91 Å². The van der Waals surface area contributed by atoms with Crippen molar-refractivity contribution in [3.8, 4) is 5.75 Å². The number of aryl methyl sites for hydroxylation is 1. The summed E-state index contributed by atoms with van der Waals surface area (Å²) in [5, 5.41) is 2.13. The van der Waals surface area contributed by atoms with Gasteiger partial charge in [0.1, 0.15) is 17.4 Å². The highest BCUT2D eigenvalue weighted by atomic mass is 19.1. The van der Waals surface area contributed by atoms with Gasteiger partial charge in [-0.1, -0.05) is 17.7 Å². The molecule has 0 radical (unpaired) electrons. The second-order valence-electron chi connectivity index (χ2n) is 5.24. The number of hydrogen-bond donors (Lipinski definition) is 1. The maximum atomic E-state index is 13.4. The van der Waals surface area contributed by atoms with Crippen molar-refractivity contribution in [1.82, 2.24) is 0 Å². The zero-order chi connectivity index (χ0) is 18.2. The minimum absolute atomic E-state index is 0.0461. The quantitative estimate of drug-likeness (QED) is 0.780. The normalized spacial score (nSPS) is 10.2. The first-order valence-electron chi connectivity index (χ1n) is 7.54. The zero-order valence-corrected chi connectivity index (χ0v) is 13.6. The SMILES string of the molecule is Cc1ccc(OCCC(=O)OCC(=O)Nc2cc(F)ccc2F)cc1. The summed E-state index contributed by atoms with van der Waals surface area (Å²) in [4.78, 5) is 23.1. The van der Waals surface area contributed by atoms with Crippen molar-refractivity contribution >= 4 is 17.6 Å². The summed E-state index contributed by atoms with van der Waals surface area (Å²) in [6.45, 7) is 1.45. The molecule has 7 heteroatoms. The van der Waals surface area contributed by atoms with Crippen molar-refractivity contribution in [1.29, 1.82) is 0 Å². The number of carbonyl (C=O) groups is 2. The van der Waals surface area contributed by atoms with Gasteiger partial charge in [0.2, 0.25) is 0 Å². The maximum absolute atomic E-state index is 13.4. The molecule has 0 aliphatic carbocycles. The fraction of sp³-hybridized carbons (Fsp3) is 0.222. The second kappa shape index (κ2) is 8.77. The second-order valence-corrected chi connectivity index (χ2v) is 5.24. The Bertz CT molecular complexity index is 747. The van der Waals surface area contributed by atoms with Gasteiger partial charge < -0.3 is 14.8 Å². The van der Waals surface area contributed by atoms with E-state index in [2.05, 4.69) is 5.32 Å². The van der Waals surface area contributed by atoms with Crippen molar-refractivity contribution < 1.29 is 27.8 Å². The molecular weight excluding hydrogens is 332 g/mol. The highest BCUT2D eigenvalue weighted by Gasteiger charge is 2.11. The van der Waals surface area contributed by atoms with E-state index in [9.17, 15) is 18.4 Å². The lowest BCUT2D eigenvalue weighted by molar-refractivity contribution is -0.147. The number of anilines is 1. The number of hydrogen-bond acceptors (Lipinski definition) is 4. The average Bonchev–Trinajstić information content (AvgIpc) is 2.58. The van der Waals surface area contributed by atoms with E-state index in [1.54, 1.807) is 12.1 Å². The summed E-state index contributed by atoms with van der Waals surface area (Å²) in [5.41, 5.74) is 0.774. The number of amides is 1. The molecule has 5 nitrogen and oxygen atoms in total. The molecule has 0 aliphatic heterocycles. The Balaban J connectivity index is 1.69. The van der Waals surface area contributed by atoms with Crippen LogP contribution in [0.4, 0.5) is 14.5 Å². The summed E-state index contributed by atoms with van der Waals surface area (Å²) in [6.07, 6.45) is -0.0461. The molecule has 2 aromatic carbocycles. The molecule has 2 aromatic rings. The molecule has 1 amide bonds. The van der Waals surface area contributed by atoms with E-state index in [4.69, 9.17) is 9.47 Å². The molecule has 0 spiro atoms. The van der Waals surface area contributed by atoms with Gasteiger partial charge in [0.15, 0.2) is 6.61 Å². The van der Waals surface area contributed by atoms with Gasteiger partial charge in [-0.15, -0.1) is 0 Å². The average molecular weight is 349 g/mol. The molecule has 0 atom stereocenters. The van der Waals surface area contributed by atoms with E-state index in [0.717, 1.165) is 23.8 Å². The van der Waals surface area contributed by atoms with E-state index in [1.165, 1.54) is 0 Å². The third-order valence-electron chi connectivity index (χ3n) is 3.16. The number of nitrogens with one attached hydrogen (secondary N) is 1. The van der Waals surface area contributed by atoms with Gasteiger partial charge >= 0.3 is 5.97 Å². The molecule has 132 valence electrons. The van der Waals surface area contributed by atoms with Gasteiger partial charge in [-0.25, -0.2) is 8.78 Å². The summed E-state index contributed by atoms with van der Waals surface area (Å²) in [7, 11) is 0. The lowest BCUT2D eigenvalue weighted by Crippen LogP contribution is -2.22. The molecule has 2 rings (SSSR count). The molecule has 0 saturated heterocycles. The molecular formula is C18H17F2NO4. The minimum Gasteiger partial charge on any atom is -0.493 e. The molecule has 0 aliphatic rings. The predicted molar refractivity (Wildman–Crippen MR) is 87.2 cm³/mol. The lowest BCUT2D eigenvalue weighted by atomic mass is 10.2. The minimum atomic E-state index is -0.785. The van der Waals surface area contributed by atoms with E-state index in [-0.39, 0.29) is 18.7 Å². The van der Waals surface area contributed by atoms with Gasteiger partial charge in [-0.3, -0.25) is 9.59 Å². The van der Waals surface area contributed by atoms with E-state index in [1.807, 2.05) is 19.1 Å². The van der Waals surface area contributed by atoms with Crippen molar-refractivity contribution in [2.24, 2.45) is 0 Å². The van der Waals surface area contributed by atoms with E-state index >= 15 is 0 Å². The van der Waals surface area contributed by atoms with Crippen molar-refractivity contribution in [3.63, 3.8) is 0 Å². The third kappa shape index (κ3) is 6.21. The first-order chi connectivity index (χ1) is 11.9. The predicted octanol–water partition coefficient (Wildman–Crippen LogP) is 3.22. The van der Waals surface area contributed by atoms with Gasteiger partial charge in [-0.2, -0.15) is 0 Å². The Morgan fingerprint density at radius 3 is 2.52 bits per heavy atom. The highest BCUT2D eigenvalue weighted by molar-refractivity contribution is 5.92. The van der Waals surface area contributed by atoms with Crippen LogP contribution in [-0.4, -0.2) is 25.1 Å². The number of benzene rings is 2. The topological polar surface area (TPSA) is 64.6 Å². The molecule has 0 fully saturated rings. The maximum Gasteiger partial charge on any atom is 0.309 e. The van der Waals surface area contributed by atoms with Crippen LogP contribution in [0.2, 0.25) is 0 Å². The standard InChI is InChI=1S/C18H17F2NO4/c1-12-2-5-14(6-3-12)24-9-8-18(23)25-11-17(22)21-16-10-13(19)4-7-15(16)20/h2-7,10H,8-9,11H2,1H3,(H,21,22). The fourth-order valence-corrected chi connectivity index (χ4v) is 1.88. The summed E-state index contributed by atoms with van der Waals surface area (Å²) >= 11 is 0. The van der Waals surface area contributed by atoms with E-state index in [0.29, 0.717) is 5.75 Å². The number of esters is 1. The third-order valence-corrected chi connectivity index (χ3v) is 3.16. The van der Waals surface area contributed by atoms with Crippen LogP contribution >= 0.6 is 0 Å². The fourth-order valence-electron chi connectivity index (χ4n) is 1.88. The molecule has 0 saturated carbocycles. The molecule has 25 heavy (non-hydrogen) atoms. The molecule has 1 N–H and O–H groups in total.